The van der Waals surface area contributed by atoms with E-state index in [1.165, 1.54) is 12.5 Å². The van der Waals surface area contributed by atoms with E-state index in [4.69, 9.17) is 4.74 Å². The van der Waals surface area contributed by atoms with E-state index in [0.29, 0.717) is 19.7 Å². The topological polar surface area (TPSA) is 58.6 Å². The average molecular weight is 290 g/mol. The number of nitrogens with one attached hydrogen (secondary N) is 1. The SMILES string of the molecule is CC(=O)N1CCCCc2ccccc2OCCNC(=O)C1. The van der Waals surface area contributed by atoms with Crippen molar-refractivity contribution in [2.45, 2.75) is 26.2 Å². The number of carbonyl (C=O) groups is 2. The number of para-hydroxylation sites is 1. The van der Waals surface area contributed by atoms with E-state index < -0.39 is 0 Å². The molecule has 0 spiro atoms. The standard InChI is InChI=1S/C16H22N2O3/c1-13(19)18-10-5-4-7-14-6-2-3-8-15(14)21-11-9-17-16(20)12-18/h2-3,6,8H,4-5,7,9-12H2,1H3,(H,17,20). The third-order valence-electron chi connectivity index (χ3n) is 3.56. The molecule has 1 heterocycles. The van der Waals surface area contributed by atoms with E-state index in [2.05, 4.69) is 11.4 Å². The highest BCUT2D eigenvalue weighted by Gasteiger charge is 2.14. The van der Waals surface area contributed by atoms with Crippen molar-refractivity contribution >= 4 is 11.8 Å². The summed E-state index contributed by atoms with van der Waals surface area (Å²) in [5.74, 6) is 0.687. The molecule has 21 heavy (non-hydrogen) atoms. The van der Waals surface area contributed by atoms with E-state index in [0.717, 1.165) is 25.0 Å². The number of ether oxygens (including phenoxy) is 1. The summed E-state index contributed by atoms with van der Waals surface area (Å²) in [5.41, 5.74) is 1.18. The molecule has 1 aromatic carbocycles. The molecule has 5 heteroatoms. The average Bonchev–Trinajstić information content (AvgIpc) is 2.48. The first kappa shape index (κ1) is 15.4. The second-order valence-electron chi connectivity index (χ2n) is 5.20. The second kappa shape index (κ2) is 7.67. The number of hydrogen-bond donors (Lipinski definition) is 1. The Labute approximate surface area is 125 Å². The lowest BCUT2D eigenvalue weighted by molar-refractivity contribution is -0.134. The van der Waals surface area contributed by atoms with Crippen LogP contribution in [0.15, 0.2) is 24.3 Å². The first-order valence-corrected chi connectivity index (χ1v) is 7.40. The highest BCUT2D eigenvalue weighted by molar-refractivity contribution is 5.83. The maximum absolute atomic E-state index is 11.8. The molecule has 1 aliphatic rings. The summed E-state index contributed by atoms with van der Waals surface area (Å²) in [4.78, 5) is 24.9. The maximum Gasteiger partial charge on any atom is 0.239 e. The molecule has 0 saturated heterocycles. The van der Waals surface area contributed by atoms with E-state index in [9.17, 15) is 9.59 Å². The first-order chi connectivity index (χ1) is 10.2. The molecule has 0 bridgehead atoms. The third-order valence-corrected chi connectivity index (χ3v) is 3.56. The molecule has 1 N–H and O–H groups in total. The van der Waals surface area contributed by atoms with Crippen molar-refractivity contribution in [1.82, 2.24) is 10.2 Å². The fourth-order valence-electron chi connectivity index (χ4n) is 2.40. The van der Waals surface area contributed by atoms with Gasteiger partial charge in [0.25, 0.3) is 0 Å². The number of amides is 2. The Morgan fingerprint density at radius 2 is 2.10 bits per heavy atom. The third kappa shape index (κ3) is 4.77. The first-order valence-electron chi connectivity index (χ1n) is 7.40. The summed E-state index contributed by atoms with van der Waals surface area (Å²) in [7, 11) is 0. The monoisotopic (exact) mass is 290 g/mol. The van der Waals surface area contributed by atoms with Gasteiger partial charge < -0.3 is 15.0 Å². The number of benzene rings is 1. The predicted molar refractivity (Wildman–Crippen MR) is 80.1 cm³/mol. The normalized spacial score (nSPS) is 17.4. The molecule has 1 aliphatic heterocycles. The molecule has 0 aromatic heterocycles. The van der Waals surface area contributed by atoms with Crippen molar-refractivity contribution < 1.29 is 14.3 Å². The van der Waals surface area contributed by atoms with Gasteiger partial charge in [-0.3, -0.25) is 9.59 Å². The van der Waals surface area contributed by atoms with Crippen molar-refractivity contribution in [3.05, 3.63) is 29.8 Å². The molecule has 5 nitrogen and oxygen atoms in total. The summed E-state index contributed by atoms with van der Waals surface area (Å²) >= 11 is 0. The van der Waals surface area contributed by atoms with Gasteiger partial charge >= 0.3 is 0 Å². The van der Waals surface area contributed by atoms with Crippen LogP contribution in [0.5, 0.6) is 5.75 Å². The zero-order valence-electron chi connectivity index (χ0n) is 12.4. The number of aryl methyl sites for hydroxylation is 1. The quantitative estimate of drug-likeness (QED) is 0.785. The Morgan fingerprint density at radius 3 is 2.90 bits per heavy atom. The predicted octanol–water partition coefficient (Wildman–Crippen LogP) is 1.37. The van der Waals surface area contributed by atoms with E-state index in [-0.39, 0.29) is 18.4 Å². The molecule has 2 amide bonds. The van der Waals surface area contributed by atoms with Crippen LogP contribution >= 0.6 is 0 Å². The summed E-state index contributed by atoms with van der Waals surface area (Å²) in [6, 6.07) is 7.98. The van der Waals surface area contributed by atoms with Crippen molar-refractivity contribution in [3.63, 3.8) is 0 Å². The zero-order valence-corrected chi connectivity index (χ0v) is 12.4. The number of nitrogens with zero attached hydrogens (tertiary/aromatic N) is 1. The minimum Gasteiger partial charge on any atom is -0.491 e. The van der Waals surface area contributed by atoms with Gasteiger partial charge in [-0.2, -0.15) is 0 Å². The van der Waals surface area contributed by atoms with Crippen LogP contribution in [-0.4, -0.2) is 43.0 Å². The molecule has 0 saturated carbocycles. The highest BCUT2D eigenvalue weighted by atomic mass is 16.5. The van der Waals surface area contributed by atoms with Crippen LogP contribution in [0.3, 0.4) is 0 Å². The largest absolute Gasteiger partial charge is 0.491 e. The Balaban J connectivity index is 2.05. The number of carbonyl (C=O) groups excluding carboxylic acids is 2. The van der Waals surface area contributed by atoms with Gasteiger partial charge in [0.2, 0.25) is 11.8 Å². The maximum atomic E-state index is 11.8. The lowest BCUT2D eigenvalue weighted by Gasteiger charge is -2.20. The molecule has 1 aromatic rings. The Kier molecular flexibility index (Phi) is 5.60. The summed E-state index contributed by atoms with van der Waals surface area (Å²) in [6.07, 6.45) is 2.76. The van der Waals surface area contributed by atoms with Crippen molar-refractivity contribution in [2.24, 2.45) is 0 Å². The number of rotatable bonds is 0. The van der Waals surface area contributed by atoms with Gasteiger partial charge in [0, 0.05) is 13.5 Å². The second-order valence-corrected chi connectivity index (χ2v) is 5.20. The van der Waals surface area contributed by atoms with Gasteiger partial charge in [-0.1, -0.05) is 18.2 Å². The molecule has 0 aliphatic carbocycles. The van der Waals surface area contributed by atoms with Crippen LogP contribution in [0.4, 0.5) is 0 Å². The number of hydrogen-bond acceptors (Lipinski definition) is 3. The minimum atomic E-state index is -0.138. The summed E-state index contributed by atoms with van der Waals surface area (Å²) in [5, 5.41) is 2.78. The Bertz CT molecular complexity index is 502. The van der Waals surface area contributed by atoms with E-state index >= 15 is 0 Å². The Morgan fingerprint density at radius 1 is 1.29 bits per heavy atom. The van der Waals surface area contributed by atoms with Crippen LogP contribution in [0, 0.1) is 0 Å². The van der Waals surface area contributed by atoms with E-state index in [1.807, 2.05) is 18.2 Å². The summed E-state index contributed by atoms with van der Waals surface area (Å²) < 4.78 is 5.73. The van der Waals surface area contributed by atoms with Crippen LogP contribution in [-0.2, 0) is 16.0 Å². The van der Waals surface area contributed by atoms with Gasteiger partial charge in [-0.25, -0.2) is 0 Å². The molecule has 0 radical (unpaired) electrons. The van der Waals surface area contributed by atoms with Gasteiger partial charge in [0.15, 0.2) is 0 Å². The van der Waals surface area contributed by atoms with Crippen LogP contribution in [0.1, 0.15) is 25.3 Å². The highest BCUT2D eigenvalue weighted by Crippen LogP contribution is 2.20. The molecule has 0 fully saturated rings. The van der Waals surface area contributed by atoms with Crippen molar-refractivity contribution in [2.75, 3.05) is 26.2 Å². The minimum absolute atomic E-state index is 0.0586. The molecule has 0 atom stereocenters. The molecular weight excluding hydrogens is 268 g/mol. The molecular formula is C16H22N2O3. The smallest absolute Gasteiger partial charge is 0.239 e. The fourth-order valence-corrected chi connectivity index (χ4v) is 2.40. The van der Waals surface area contributed by atoms with Crippen LogP contribution in [0.2, 0.25) is 0 Å². The van der Waals surface area contributed by atoms with Crippen LogP contribution < -0.4 is 10.1 Å². The van der Waals surface area contributed by atoms with Gasteiger partial charge in [0.1, 0.15) is 12.4 Å². The summed E-state index contributed by atoms with van der Waals surface area (Å²) in [6.45, 7) is 3.12. The van der Waals surface area contributed by atoms with Gasteiger partial charge in [-0.05, 0) is 30.9 Å². The van der Waals surface area contributed by atoms with Gasteiger partial charge in [-0.15, -0.1) is 0 Å². The lowest BCUT2D eigenvalue weighted by atomic mass is 10.1. The van der Waals surface area contributed by atoms with Crippen molar-refractivity contribution in [1.29, 1.82) is 0 Å². The van der Waals surface area contributed by atoms with Gasteiger partial charge in [0.05, 0.1) is 13.1 Å². The van der Waals surface area contributed by atoms with E-state index in [1.54, 1.807) is 4.90 Å². The van der Waals surface area contributed by atoms with Crippen LogP contribution in [0.25, 0.3) is 0 Å². The molecule has 114 valence electrons. The lowest BCUT2D eigenvalue weighted by Crippen LogP contribution is -2.41. The Hall–Kier alpha value is -2.04. The number of fused-ring (bicyclic) bond motifs is 1. The molecule has 2 rings (SSSR count). The van der Waals surface area contributed by atoms with Crippen molar-refractivity contribution in [3.8, 4) is 5.75 Å². The fraction of sp³-hybridized carbons (Fsp3) is 0.500. The zero-order chi connectivity index (χ0) is 15.1. The molecule has 0 unspecified atom stereocenters.